The highest BCUT2D eigenvalue weighted by Gasteiger charge is 2.25. The normalized spacial score (nSPS) is 10.8. The maximum Gasteiger partial charge on any atom is 0.258 e. The molecular weight excluding hydrogens is 273 g/mol. The van der Waals surface area contributed by atoms with Crippen molar-refractivity contribution < 1.29 is 14.3 Å². The molecule has 0 unspecified atom stereocenters. The van der Waals surface area contributed by atoms with E-state index >= 15 is 0 Å². The largest absolute Gasteiger partial charge is 0.395 e. The van der Waals surface area contributed by atoms with E-state index in [9.17, 15) is 14.3 Å². The molecule has 0 aliphatic carbocycles. The highest BCUT2D eigenvalue weighted by Crippen LogP contribution is 2.19. The molecule has 2 N–H and O–H groups in total. The number of hydrogen-bond acceptors (Lipinski definition) is 4. The molecular formula is C15H24FN3O2. The SMILES string of the molecule is CCNc1ncc(F)cc1C(=O)N(CCO)C(CC)CC. The smallest absolute Gasteiger partial charge is 0.258 e. The quantitative estimate of drug-likeness (QED) is 0.772. The van der Waals surface area contributed by atoms with Crippen LogP contribution in [0.1, 0.15) is 44.0 Å². The zero-order valence-electron chi connectivity index (χ0n) is 12.9. The van der Waals surface area contributed by atoms with Crippen LogP contribution in [0.3, 0.4) is 0 Å². The Morgan fingerprint density at radius 2 is 2.10 bits per heavy atom. The van der Waals surface area contributed by atoms with Crippen LogP contribution in [0.4, 0.5) is 10.2 Å². The molecule has 0 spiro atoms. The Balaban J connectivity index is 3.15. The van der Waals surface area contributed by atoms with Gasteiger partial charge in [-0.1, -0.05) is 13.8 Å². The fourth-order valence-corrected chi connectivity index (χ4v) is 2.35. The van der Waals surface area contributed by atoms with E-state index in [-0.39, 0.29) is 30.7 Å². The number of nitrogens with zero attached hydrogens (tertiary/aromatic N) is 2. The van der Waals surface area contributed by atoms with Crippen molar-refractivity contribution in [2.24, 2.45) is 0 Å². The number of carbonyl (C=O) groups is 1. The number of nitrogens with one attached hydrogen (secondary N) is 1. The Morgan fingerprint density at radius 3 is 2.62 bits per heavy atom. The number of halogens is 1. The molecule has 0 aliphatic heterocycles. The van der Waals surface area contributed by atoms with Crippen molar-refractivity contribution in [3.05, 3.63) is 23.6 Å². The predicted octanol–water partition coefficient (Wildman–Crippen LogP) is 2.28. The second-order valence-corrected chi connectivity index (χ2v) is 4.77. The third kappa shape index (κ3) is 4.39. The Morgan fingerprint density at radius 1 is 1.43 bits per heavy atom. The van der Waals surface area contributed by atoms with E-state index in [4.69, 9.17) is 0 Å². The minimum absolute atomic E-state index is 0.0161. The van der Waals surface area contributed by atoms with Gasteiger partial charge in [-0.2, -0.15) is 0 Å². The van der Waals surface area contributed by atoms with E-state index in [1.54, 1.807) is 4.90 Å². The molecule has 1 rings (SSSR count). The van der Waals surface area contributed by atoms with Crippen molar-refractivity contribution in [2.75, 3.05) is 25.0 Å². The van der Waals surface area contributed by atoms with Gasteiger partial charge in [0, 0.05) is 19.1 Å². The van der Waals surface area contributed by atoms with Gasteiger partial charge in [0.25, 0.3) is 5.91 Å². The molecule has 5 nitrogen and oxygen atoms in total. The second-order valence-electron chi connectivity index (χ2n) is 4.77. The zero-order valence-corrected chi connectivity index (χ0v) is 12.9. The molecule has 118 valence electrons. The number of hydrogen-bond donors (Lipinski definition) is 2. The Kier molecular flexibility index (Phi) is 7.08. The molecule has 0 atom stereocenters. The van der Waals surface area contributed by atoms with Crippen LogP contribution < -0.4 is 5.32 Å². The number of carbonyl (C=O) groups excluding carboxylic acids is 1. The van der Waals surface area contributed by atoms with Gasteiger partial charge in [-0.05, 0) is 25.8 Å². The first-order chi connectivity index (χ1) is 10.1. The van der Waals surface area contributed by atoms with Crippen LogP contribution in [0.5, 0.6) is 0 Å². The van der Waals surface area contributed by atoms with Crippen molar-refractivity contribution >= 4 is 11.7 Å². The van der Waals surface area contributed by atoms with Gasteiger partial charge in [0.05, 0.1) is 18.4 Å². The number of amides is 1. The molecule has 0 saturated carbocycles. The topological polar surface area (TPSA) is 65.5 Å². The monoisotopic (exact) mass is 297 g/mol. The Hall–Kier alpha value is -1.69. The summed E-state index contributed by atoms with van der Waals surface area (Å²) in [6.07, 6.45) is 2.64. The van der Waals surface area contributed by atoms with Crippen molar-refractivity contribution in [2.45, 2.75) is 39.7 Å². The summed E-state index contributed by atoms with van der Waals surface area (Å²) in [5.74, 6) is -0.480. The average molecular weight is 297 g/mol. The van der Waals surface area contributed by atoms with Crippen molar-refractivity contribution in [1.29, 1.82) is 0 Å². The van der Waals surface area contributed by atoms with Crippen LogP contribution in [0, 0.1) is 5.82 Å². The van der Waals surface area contributed by atoms with E-state index in [1.165, 1.54) is 6.07 Å². The minimum atomic E-state index is -0.548. The predicted molar refractivity (Wildman–Crippen MR) is 80.9 cm³/mol. The summed E-state index contributed by atoms with van der Waals surface area (Å²) < 4.78 is 13.5. The molecule has 1 aromatic rings. The van der Waals surface area contributed by atoms with Crippen LogP contribution in [0.2, 0.25) is 0 Å². The first-order valence-corrected chi connectivity index (χ1v) is 7.40. The van der Waals surface area contributed by atoms with Crippen LogP contribution in [-0.2, 0) is 0 Å². The lowest BCUT2D eigenvalue weighted by atomic mass is 10.1. The molecule has 21 heavy (non-hydrogen) atoms. The van der Waals surface area contributed by atoms with Crippen LogP contribution >= 0.6 is 0 Å². The number of rotatable bonds is 8. The number of pyridine rings is 1. The first-order valence-electron chi connectivity index (χ1n) is 7.40. The van der Waals surface area contributed by atoms with Gasteiger partial charge < -0.3 is 15.3 Å². The average Bonchev–Trinajstić information content (AvgIpc) is 2.49. The summed E-state index contributed by atoms with van der Waals surface area (Å²) in [6, 6.07) is 1.21. The van der Waals surface area contributed by atoms with Gasteiger partial charge in [0.15, 0.2) is 0 Å². The summed E-state index contributed by atoms with van der Waals surface area (Å²) in [6.45, 7) is 6.55. The molecule has 0 aromatic carbocycles. The summed E-state index contributed by atoms with van der Waals surface area (Å²) >= 11 is 0. The molecule has 0 fully saturated rings. The standard InChI is InChI=1S/C15H24FN3O2/c1-4-12(5-2)19(7-8-20)15(21)13-9-11(16)10-18-14(13)17-6-3/h9-10,12,20H,4-8H2,1-3H3,(H,17,18). The maximum absolute atomic E-state index is 13.5. The van der Waals surface area contributed by atoms with E-state index in [1.807, 2.05) is 20.8 Å². The molecule has 0 saturated heterocycles. The number of aromatic nitrogens is 1. The lowest BCUT2D eigenvalue weighted by Crippen LogP contribution is -2.42. The van der Waals surface area contributed by atoms with Gasteiger partial charge >= 0.3 is 0 Å². The van der Waals surface area contributed by atoms with E-state index in [0.717, 1.165) is 19.0 Å². The molecule has 0 aliphatic rings. The molecule has 1 amide bonds. The van der Waals surface area contributed by atoms with Crippen LogP contribution in [0.25, 0.3) is 0 Å². The minimum Gasteiger partial charge on any atom is -0.395 e. The highest BCUT2D eigenvalue weighted by molar-refractivity contribution is 5.99. The number of aliphatic hydroxyl groups excluding tert-OH is 1. The summed E-state index contributed by atoms with van der Waals surface area (Å²) in [5, 5.41) is 12.2. The lowest BCUT2D eigenvalue weighted by Gasteiger charge is -2.30. The van der Waals surface area contributed by atoms with E-state index < -0.39 is 5.82 Å². The van der Waals surface area contributed by atoms with Gasteiger partial charge in [-0.25, -0.2) is 9.37 Å². The van der Waals surface area contributed by atoms with Crippen molar-refractivity contribution in [3.8, 4) is 0 Å². The molecule has 0 radical (unpaired) electrons. The summed E-state index contributed by atoms with van der Waals surface area (Å²) in [4.78, 5) is 18.3. The van der Waals surface area contributed by atoms with Crippen molar-refractivity contribution in [3.63, 3.8) is 0 Å². The third-order valence-electron chi connectivity index (χ3n) is 3.41. The Bertz CT molecular complexity index is 464. The fraction of sp³-hybridized carbons (Fsp3) is 0.600. The van der Waals surface area contributed by atoms with Gasteiger partial charge in [0.1, 0.15) is 11.6 Å². The van der Waals surface area contributed by atoms with E-state index in [2.05, 4.69) is 10.3 Å². The van der Waals surface area contributed by atoms with Crippen LogP contribution in [-0.4, -0.2) is 46.6 Å². The van der Waals surface area contributed by atoms with Gasteiger partial charge in [-0.3, -0.25) is 4.79 Å². The van der Waals surface area contributed by atoms with Gasteiger partial charge in [-0.15, -0.1) is 0 Å². The summed E-state index contributed by atoms with van der Waals surface area (Å²) in [5.41, 5.74) is 0.206. The molecule has 1 heterocycles. The fourth-order valence-electron chi connectivity index (χ4n) is 2.35. The third-order valence-corrected chi connectivity index (χ3v) is 3.41. The van der Waals surface area contributed by atoms with E-state index in [0.29, 0.717) is 12.4 Å². The second kappa shape index (κ2) is 8.56. The number of aliphatic hydroxyl groups is 1. The molecule has 1 aromatic heterocycles. The molecule has 6 heteroatoms. The first kappa shape index (κ1) is 17.4. The zero-order chi connectivity index (χ0) is 15.8. The van der Waals surface area contributed by atoms with Crippen LogP contribution in [0.15, 0.2) is 12.3 Å². The lowest BCUT2D eigenvalue weighted by molar-refractivity contribution is 0.0622. The van der Waals surface area contributed by atoms with Crippen molar-refractivity contribution in [1.82, 2.24) is 9.88 Å². The Labute approximate surface area is 125 Å². The number of anilines is 1. The molecule has 0 bridgehead atoms. The summed E-state index contributed by atoms with van der Waals surface area (Å²) in [7, 11) is 0. The maximum atomic E-state index is 13.5. The van der Waals surface area contributed by atoms with Gasteiger partial charge in [0.2, 0.25) is 0 Å². The highest BCUT2D eigenvalue weighted by atomic mass is 19.1.